The maximum atomic E-state index is 12.9. The number of benzene rings is 1. The number of anilines is 1. The van der Waals surface area contributed by atoms with Gasteiger partial charge < -0.3 is 10.2 Å². The molecule has 1 atom stereocenters. The van der Waals surface area contributed by atoms with Crippen molar-refractivity contribution in [2.45, 2.75) is 25.9 Å². The summed E-state index contributed by atoms with van der Waals surface area (Å²) in [5, 5.41) is 3.27. The monoisotopic (exact) mass is 373 g/mol. The third kappa shape index (κ3) is 4.40. The van der Waals surface area contributed by atoms with Crippen LogP contribution in [0.25, 0.3) is 0 Å². The zero-order valence-corrected chi connectivity index (χ0v) is 15.6. The minimum atomic E-state index is -3.04. The van der Waals surface area contributed by atoms with Gasteiger partial charge in [0.2, 0.25) is 0 Å². The Morgan fingerprint density at radius 2 is 2.04 bits per heavy atom. The Hall–Kier alpha value is -2.41. The van der Waals surface area contributed by atoms with Gasteiger partial charge in [-0.2, -0.15) is 0 Å². The van der Waals surface area contributed by atoms with Crippen LogP contribution in [0, 0.1) is 0 Å². The summed E-state index contributed by atoms with van der Waals surface area (Å²) < 4.78 is 23.5. The van der Waals surface area contributed by atoms with Crippen LogP contribution in [0.1, 0.15) is 29.3 Å². The minimum absolute atomic E-state index is 0.0476. The molecule has 1 amide bonds. The first-order valence-corrected chi connectivity index (χ1v) is 10.5. The number of aromatic nitrogens is 1. The van der Waals surface area contributed by atoms with E-state index in [4.69, 9.17) is 0 Å². The Bertz CT molecular complexity index is 869. The first-order valence-electron chi connectivity index (χ1n) is 8.73. The topological polar surface area (TPSA) is 79.4 Å². The third-order valence-electron chi connectivity index (χ3n) is 4.58. The van der Waals surface area contributed by atoms with E-state index in [2.05, 4.69) is 10.3 Å². The number of carbonyl (C=O) groups excluding carboxylic acids is 1. The normalized spacial score (nSPS) is 18.4. The van der Waals surface area contributed by atoms with Gasteiger partial charge in [0.05, 0.1) is 22.8 Å². The van der Waals surface area contributed by atoms with Crippen molar-refractivity contribution in [3.05, 3.63) is 59.9 Å². The van der Waals surface area contributed by atoms with Crippen LogP contribution in [-0.4, -0.2) is 48.3 Å². The fourth-order valence-corrected chi connectivity index (χ4v) is 4.94. The Morgan fingerprint density at radius 1 is 1.27 bits per heavy atom. The van der Waals surface area contributed by atoms with Gasteiger partial charge in [-0.05, 0) is 25.0 Å². The number of hydrogen-bond donors (Lipinski definition) is 1. The van der Waals surface area contributed by atoms with E-state index in [1.165, 1.54) is 6.20 Å². The molecule has 7 heteroatoms. The molecule has 0 saturated carbocycles. The summed E-state index contributed by atoms with van der Waals surface area (Å²) in [5.41, 5.74) is 2.36. The predicted molar refractivity (Wildman–Crippen MR) is 102 cm³/mol. The molecule has 0 bridgehead atoms. The van der Waals surface area contributed by atoms with E-state index in [9.17, 15) is 13.2 Å². The molecule has 6 nitrogen and oxygen atoms in total. The molecule has 0 radical (unpaired) electrons. The van der Waals surface area contributed by atoms with Gasteiger partial charge in [-0.3, -0.25) is 9.78 Å². The second-order valence-corrected chi connectivity index (χ2v) is 8.68. The zero-order chi connectivity index (χ0) is 18.6. The van der Waals surface area contributed by atoms with Crippen LogP contribution in [0.15, 0.2) is 48.8 Å². The summed E-state index contributed by atoms with van der Waals surface area (Å²) in [6.07, 6.45) is 3.71. The molecule has 1 aromatic carbocycles. The van der Waals surface area contributed by atoms with Gasteiger partial charge in [0.1, 0.15) is 0 Å². The highest BCUT2D eigenvalue weighted by Gasteiger charge is 2.34. The average molecular weight is 373 g/mol. The fraction of sp³-hybridized carbons (Fsp3) is 0.368. The van der Waals surface area contributed by atoms with Crippen molar-refractivity contribution in [2.24, 2.45) is 0 Å². The van der Waals surface area contributed by atoms with Crippen molar-refractivity contribution in [1.82, 2.24) is 9.88 Å². The van der Waals surface area contributed by atoms with Crippen molar-refractivity contribution in [2.75, 3.05) is 23.4 Å². The molecule has 1 aliphatic rings. The molecule has 0 aliphatic carbocycles. The Labute approximate surface area is 154 Å². The molecular weight excluding hydrogens is 350 g/mol. The molecule has 1 saturated heterocycles. The first-order chi connectivity index (χ1) is 12.5. The summed E-state index contributed by atoms with van der Waals surface area (Å²) in [6, 6.07) is 11.5. The van der Waals surface area contributed by atoms with E-state index in [0.717, 1.165) is 11.3 Å². The van der Waals surface area contributed by atoms with Crippen molar-refractivity contribution in [3.8, 4) is 0 Å². The van der Waals surface area contributed by atoms with Crippen LogP contribution in [0.3, 0.4) is 0 Å². The van der Waals surface area contributed by atoms with Crippen molar-refractivity contribution < 1.29 is 13.2 Å². The molecule has 1 unspecified atom stereocenters. The van der Waals surface area contributed by atoms with Crippen LogP contribution in [0.5, 0.6) is 0 Å². The molecule has 2 heterocycles. The molecule has 2 aromatic rings. The van der Waals surface area contributed by atoms with Gasteiger partial charge in [-0.15, -0.1) is 0 Å². The smallest absolute Gasteiger partial charge is 0.255 e. The molecule has 1 aliphatic heterocycles. The van der Waals surface area contributed by atoms with Crippen LogP contribution in [0.4, 0.5) is 5.69 Å². The molecule has 1 fully saturated rings. The van der Waals surface area contributed by atoms with Crippen molar-refractivity contribution in [1.29, 1.82) is 0 Å². The number of amides is 1. The molecule has 1 N–H and O–H groups in total. The molecule has 26 heavy (non-hydrogen) atoms. The first kappa shape index (κ1) is 18.4. The Kier molecular flexibility index (Phi) is 5.56. The lowest BCUT2D eigenvalue weighted by atomic mass is 10.1. The fourth-order valence-electron chi connectivity index (χ4n) is 3.21. The third-order valence-corrected chi connectivity index (χ3v) is 6.33. The number of rotatable bonds is 6. The lowest BCUT2D eigenvalue weighted by Crippen LogP contribution is -2.41. The van der Waals surface area contributed by atoms with Crippen LogP contribution < -0.4 is 5.32 Å². The molecule has 3 rings (SSSR count). The summed E-state index contributed by atoms with van der Waals surface area (Å²) in [5.74, 6) is 0.0232. The highest BCUT2D eigenvalue weighted by atomic mass is 32.2. The average Bonchev–Trinajstić information content (AvgIpc) is 3.01. The lowest BCUT2D eigenvalue weighted by molar-refractivity contribution is 0.0708. The maximum absolute atomic E-state index is 12.9. The summed E-state index contributed by atoms with van der Waals surface area (Å²) in [7, 11) is -3.04. The quantitative estimate of drug-likeness (QED) is 0.841. The van der Waals surface area contributed by atoms with Crippen LogP contribution in [-0.2, 0) is 16.4 Å². The van der Waals surface area contributed by atoms with E-state index >= 15 is 0 Å². The molecular formula is C19H23N3O3S. The van der Waals surface area contributed by atoms with Gasteiger partial charge in [0.15, 0.2) is 9.84 Å². The SMILES string of the molecule is CCN(C(=O)c1cncc(NCc2ccccc2)c1)C1CCS(=O)(=O)C1. The van der Waals surface area contributed by atoms with Crippen molar-refractivity contribution >= 4 is 21.4 Å². The van der Waals surface area contributed by atoms with Gasteiger partial charge >= 0.3 is 0 Å². The van der Waals surface area contributed by atoms with E-state index in [0.29, 0.717) is 25.1 Å². The molecule has 0 spiro atoms. The van der Waals surface area contributed by atoms with Crippen molar-refractivity contribution in [3.63, 3.8) is 0 Å². The van der Waals surface area contributed by atoms with Gasteiger partial charge in [0.25, 0.3) is 5.91 Å². The highest BCUT2D eigenvalue weighted by molar-refractivity contribution is 7.91. The van der Waals surface area contributed by atoms with E-state index in [-0.39, 0.29) is 23.5 Å². The van der Waals surface area contributed by atoms with Crippen LogP contribution in [0.2, 0.25) is 0 Å². The van der Waals surface area contributed by atoms with Gasteiger partial charge in [-0.1, -0.05) is 30.3 Å². The molecule has 138 valence electrons. The van der Waals surface area contributed by atoms with Crippen LogP contribution >= 0.6 is 0 Å². The summed E-state index contributed by atoms with van der Waals surface area (Å²) in [4.78, 5) is 18.7. The largest absolute Gasteiger partial charge is 0.380 e. The summed E-state index contributed by atoms with van der Waals surface area (Å²) in [6.45, 7) is 2.98. The van der Waals surface area contributed by atoms with E-state index in [1.54, 1.807) is 17.2 Å². The number of carbonyl (C=O) groups is 1. The van der Waals surface area contributed by atoms with Gasteiger partial charge in [-0.25, -0.2) is 8.42 Å². The second kappa shape index (κ2) is 7.86. The number of hydrogen-bond acceptors (Lipinski definition) is 5. The van der Waals surface area contributed by atoms with E-state index < -0.39 is 9.84 Å². The zero-order valence-electron chi connectivity index (χ0n) is 14.8. The highest BCUT2D eigenvalue weighted by Crippen LogP contribution is 2.20. The molecule has 1 aromatic heterocycles. The maximum Gasteiger partial charge on any atom is 0.255 e. The number of sulfone groups is 1. The summed E-state index contributed by atoms with van der Waals surface area (Å²) >= 11 is 0. The van der Waals surface area contributed by atoms with E-state index in [1.807, 2.05) is 37.3 Å². The predicted octanol–water partition coefficient (Wildman–Crippen LogP) is 2.34. The number of nitrogens with one attached hydrogen (secondary N) is 1. The Balaban J connectivity index is 1.71. The minimum Gasteiger partial charge on any atom is -0.380 e. The lowest BCUT2D eigenvalue weighted by Gasteiger charge is -2.27. The number of pyridine rings is 1. The Morgan fingerprint density at radius 3 is 2.69 bits per heavy atom. The standard InChI is InChI=1S/C19H23N3O3S/c1-2-22(18-8-9-26(24,25)14-18)19(23)16-10-17(13-20-12-16)21-11-15-6-4-3-5-7-15/h3-7,10,12-13,18,21H,2,8-9,11,14H2,1H3. The number of nitrogens with zero attached hydrogens (tertiary/aromatic N) is 2. The second-order valence-electron chi connectivity index (χ2n) is 6.45. The van der Waals surface area contributed by atoms with Gasteiger partial charge in [0, 0.05) is 31.5 Å².